The number of nitrogens with two attached hydrogens (primary N) is 1. The highest BCUT2D eigenvalue weighted by Gasteiger charge is 2.29. The number of nitriles is 1. The molecule has 3 rings (SSSR count). The largest absolute Gasteiger partial charge is 0.384 e. The number of nitrogens with zero attached hydrogens (tertiary/aromatic N) is 2. The molecule has 1 aromatic heterocycles. The fraction of sp³-hybridized carbons (Fsp3) is 0.333. The molecule has 0 radical (unpaired) electrons. The van der Waals surface area contributed by atoms with Gasteiger partial charge >= 0.3 is 0 Å². The zero-order valence-electron chi connectivity index (χ0n) is 13.5. The van der Waals surface area contributed by atoms with E-state index >= 15 is 0 Å². The molecule has 124 valence electrons. The summed E-state index contributed by atoms with van der Waals surface area (Å²) in [4.78, 5) is 12.9. The Bertz CT molecular complexity index is 879. The molecular formula is C18H18ClN3O2. The van der Waals surface area contributed by atoms with Crippen LogP contribution in [0.2, 0.25) is 5.02 Å². The van der Waals surface area contributed by atoms with Gasteiger partial charge in [-0.25, -0.2) is 0 Å². The van der Waals surface area contributed by atoms with Crippen LogP contribution in [0.15, 0.2) is 29.1 Å². The first-order chi connectivity index (χ1) is 11.4. The van der Waals surface area contributed by atoms with Crippen molar-refractivity contribution < 1.29 is 4.74 Å². The number of aromatic nitrogens is 1. The van der Waals surface area contributed by atoms with Crippen LogP contribution in [0.1, 0.15) is 30.5 Å². The maximum Gasteiger partial charge on any atom is 0.262 e. The van der Waals surface area contributed by atoms with Gasteiger partial charge in [0.15, 0.2) is 0 Å². The Balaban J connectivity index is 2.23. The van der Waals surface area contributed by atoms with Crippen molar-refractivity contribution in [3.63, 3.8) is 0 Å². The third-order valence-electron chi connectivity index (χ3n) is 4.41. The van der Waals surface area contributed by atoms with Crippen molar-refractivity contribution in [2.24, 2.45) is 5.92 Å². The highest BCUT2D eigenvalue weighted by atomic mass is 35.5. The second-order valence-corrected chi connectivity index (χ2v) is 6.68. The summed E-state index contributed by atoms with van der Waals surface area (Å²) in [5.41, 5.74) is 8.09. The van der Waals surface area contributed by atoms with Gasteiger partial charge in [0.2, 0.25) is 0 Å². The minimum atomic E-state index is -0.244. The van der Waals surface area contributed by atoms with Crippen molar-refractivity contribution in [3.05, 3.63) is 56.3 Å². The maximum atomic E-state index is 12.9. The smallest absolute Gasteiger partial charge is 0.262 e. The van der Waals surface area contributed by atoms with Gasteiger partial charge in [0.05, 0.1) is 24.0 Å². The molecule has 0 aliphatic carbocycles. The van der Waals surface area contributed by atoms with Crippen molar-refractivity contribution in [1.82, 2.24) is 4.57 Å². The monoisotopic (exact) mass is 343 g/mol. The summed E-state index contributed by atoms with van der Waals surface area (Å²) >= 11 is 5.91. The molecule has 24 heavy (non-hydrogen) atoms. The number of rotatable bonds is 2. The molecule has 1 atom stereocenters. The summed E-state index contributed by atoms with van der Waals surface area (Å²) < 4.78 is 7.17. The third-order valence-corrected chi connectivity index (χ3v) is 4.66. The SMILES string of the molecule is CC(C)[C@@H]1Cc2c(C#N)c(N)n(-c3ccc(Cl)cc3)c(=O)c2CO1. The van der Waals surface area contributed by atoms with Crippen molar-refractivity contribution in [2.45, 2.75) is 33.0 Å². The molecule has 1 aromatic carbocycles. The van der Waals surface area contributed by atoms with Crippen LogP contribution < -0.4 is 11.3 Å². The Labute approximate surface area is 145 Å². The predicted molar refractivity (Wildman–Crippen MR) is 93.3 cm³/mol. The van der Waals surface area contributed by atoms with E-state index in [1.54, 1.807) is 24.3 Å². The molecule has 0 fully saturated rings. The first kappa shape index (κ1) is 16.6. The number of nitrogen functional groups attached to an aromatic ring is 1. The second-order valence-electron chi connectivity index (χ2n) is 6.24. The van der Waals surface area contributed by atoms with E-state index in [1.165, 1.54) is 4.57 Å². The van der Waals surface area contributed by atoms with Gasteiger partial charge in [0, 0.05) is 17.0 Å². The molecule has 0 amide bonds. The molecule has 2 aromatic rings. The molecule has 0 spiro atoms. The molecule has 0 saturated carbocycles. The van der Waals surface area contributed by atoms with E-state index in [1.807, 2.05) is 0 Å². The van der Waals surface area contributed by atoms with E-state index in [9.17, 15) is 10.1 Å². The van der Waals surface area contributed by atoms with Crippen LogP contribution in [0.25, 0.3) is 5.69 Å². The number of ether oxygens (including phenoxy) is 1. The molecule has 5 nitrogen and oxygen atoms in total. The summed E-state index contributed by atoms with van der Waals surface area (Å²) in [6.45, 7) is 4.31. The molecule has 6 heteroatoms. The zero-order chi connectivity index (χ0) is 17.4. The Morgan fingerprint density at radius 2 is 2.00 bits per heavy atom. The lowest BCUT2D eigenvalue weighted by molar-refractivity contribution is -0.00117. The van der Waals surface area contributed by atoms with Gasteiger partial charge in [-0.15, -0.1) is 0 Å². The standard InChI is InChI=1S/C18H18ClN3O2/c1-10(2)16-7-13-14(8-20)17(21)22(18(23)15(13)9-24-16)12-5-3-11(19)4-6-12/h3-6,10,16H,7,9,21H2,1-2H3/t16-/m0/s1. The van der Waals surface area contributed by atoms with Gasteiger partial charge in [0.25, 0.3) is 5.56 Å². The quantitative estimate of drug-likeness (QED) is 0.908. The van der Waals surface area contributed by atoms with Crippen LogP contribution >= 0.6 is 11.6 Å². The van der Waals surface area contributed by atoms with Gasteiger partial charge in [-0.2, -0.15) is 5.26 Å². The normalized spacial score (nSPS) is 16.7. The molecule has 1 aliphatic rings. The third kappa shape index (κ3) is 2.68. The minimum Gasteiger partial charge on any atom is -0.384 e. The van der Waals surface area contributed by atoms with Gasteiger partial charge in [-0.3, -0.25) is 9.36 Å². The van der Waals surface area contributed by atoms with Gasteiger partial charge < -0.3 is 10.5 Å². The van der Waals surface area contributed by atoms with Gasteiger partial charge in [0.1, 0.15) is 11.9 Å². The fourth-order valence-corrected chi connectivity index (χ4v) is 3.14. The van der Waals surface area contributed by atoms with E-state index in [-0.39, 0.29) is 24.1 Å². The summed E-state index contributed by atoms with van der Waals surface area (Å²) in [6.07, 6.45) is 0.506. The van der Waals surface area contributed by atoms with Crippen LogP contribution in [0.4, 0.5) is 5.82 Å². The van der Waals surface area contributed by atoms with Crippen molar-refractivity contribution in [1.29, 1.82) is 5.26 Å². The van der Waals surface area contributed by atoms with Crippen LogP contribution in [-0.2, 0) is 17.8 Å². The van der Waals surface area contributed by atoms with Crippen molar-refractivity contribution in [2.75, 3.05) is 5.73 Å². The number of anilines is 1. The van der Waals surface area contributed by atoms with E-state index in [4.69, 9.17) is 22.1 Å². The maximum absolute atomic E-state index is 12.9. The fourth-order valence-electron chi connectivity index (χ4n) is 3.01. The Hall–Kier alpha value is -2.29. The first-order valence-corrected chi connectivity index (χ1v) is 8.15. The van der Waals surface area contributed by atoms with E-state index in [0.29, 0.717) is 34.2 Å². The zero-order valence-corrected chi connectivity index (χ0v) is 14.3. The molecule has 0 unspecified atom stereocenters. The first-order valence-electron chi connectivity index (χ1n) is 7.78. The van der Waals surface area contributed by atoms with E-state index in [0.717, 1.165) is 5.56 Å². The molecular weight excluding hydrogens is 326 g/mol. The lowest BCUT2D eigenvalue weighted by atomic mass is 9.91. The Kier molecular flexibility index (Phi) is 4.35. The number of hydrogen-bond acceptors (Lipinski definition) is 4. The van der Waals surface area contributed by atoms with E-state index < -0.39 is 0 Å². The Morgan fingerprint density at radius 1 is 1.33 bits per heavy atom. The number of fused-ring (bicyclic) bond motifs is 1. The average Bonchev–Trinajstić information content (AvgIpc) is 2.56. The Morgan fingerprint density at radius 3 is 2.58 bits per heavy atom. The molecule has 2 heterocycles. The van der Waals surface area contributed by atoms with Crippen molar-refractivity contribution >= 4 is 17.4 Å². The summed E-state index contributed by atoms with van der Waals surface area (Å²) in [6, 6.07) is 8.93. The summed E-state index contributed by atoms with van der Waals surface area (Å²) in [5.74, 6) is 0.456. The highest BCUT2D eigenvalue weighted by Crippen LogP contribution is 2.29. The number of halogens is 1. The van der Waals surface area contributed by atoms with Gasteiger partial charge in [-0.1, -0.05) is 25.4 Å². The van der Waals surface area contributed by atoms with Crippen LogP contribution in [0, 0.1) is 17.2 Å². The number of benzene rings is 1. The lowest BCUT2D eigenvalue weighted by Crippen LogP contribution is -2.36. The predicted octanol–water partition coefficient (Wildman–Crippen LogP) is 3.04. The molecule has 2 N–H and O–H groups in total. The lowest BCUT2D eigenvalue weighted by Gasteiger charge is -2.29. The average molecular weight is 344 g/mol. The number of pyridine rings is 1. The van der Waals surface area contributed by atoms with Gasteiger partial charge in [-0.05, 0) is 35.7 Å². The molecule has 1 aliphatic heterocycles. The van der Waals surface area contributed by atoms with Crippen molar-refractivity contribution in [3.8, 4) is 11.8 Å². The highest BCUT2D eigenvalue weighted by molar-refractivity contribution is 6.30. The van der Waals surface area contributed by atoms with Crippen LogP contribution in [-0.4, -0.2) is 10.7 Å². The minimum absolute atomic E-state index is 0.0187. The summed E-state index contributed by atoms with van der Waals surface area (Å²) in [5, 5.41) is 10.2. The second kappa shape index (κ2) is 6.31. The summed E-state index contributed by atoms with van der Waals surface area (Å²) in [7, 11) is 0. The molecule has 0 bridgehead atoms. The van der Waals surface area contributed by atoms with Crippen LogP contribution in [0.3, 0.4) is 0 Å². The number of hydrogen-bond donors (Lipinski definition) is 1. The van der Waals surface area contributed by atoms with E-state index in [2.05, 4.69) is 19.9 Å². The van der Waals surface area contributed by atoms with Crippen LogP contribution in [0.5, 0.6) is 0 Å². The molecule has 0 saturated heterocycles. The topological polar surface area (TPSA) is 81.0 Å².